The third kappa shape index (κ3) is 2.86. The number of hydrogen-bond acceptors (Lipinski definition) is 3. The van der Waals surface area contributed by atoms with Gasteiger partial charge in [0.25, 0.3) is 5.82 Å². The molecule has 0 aliphatic heterocycles. The topological polar surface area (TPSA) is 55.5 Å². The van der Waals surface area contributed by atoms with Crippen LogP contribution in [-0.2, 0) is 0 Å². The summed E-state index contributed by atoms with van der Waals surface area (Å²) in [4.78, 5) is 9.19. The van der Waals surface area contributed by atoms with Crippen LogP contribution in [0, 0.1) is 6.92 Å². The van der Waals surface area contributed by atoms with Crippen molar-refractivity contribution in [3.05, 3.63) is 41.7 Å². The number of aryl methyl sites for hydroxylation is 1. The second-order valence-electron chi connectivity index (χ2n) is 6.28. The number of rotatable bonds is 4. The van der Waals surface area contributed by atoms with Crippen molar-refractivity contribution in [1.82, 2.24) is 9.97 Å². The van der Waals surface area contributed by atoms with E-state index in [1.807, 2.05) is 25.1 Å². The Kier molecular flexibility index (Phi) is 3.83. The van der Waals surface area contributed by atoms with Crippen LogP contribution in [0.5, 0.6) is 0 Å². The first-order chi connectivity index (χ1) is 11.3. The molecule has 0 bridgehead atoms. The van der Waals surface area contributed by atoms with Gasteiger partial charge in [0.15, 0.2) is 0 Å². The Morgan fingerprint density at radius 1 is 1.17 bits per heavy atom. The zero-order valence-corrected chi connectivity index (χ0v) is 13.5. The molecular weight excluding hydrogens is 286 g/mol. The smallest absolute Gasteiger partial charge is 0.272 e. The molecule has 2 heterocycles. The van der Waals surface area contributed by atoms with Crippen molar-refractivity contribution < 1.29 is 9.73 Å². The van der Waals surface area contributed by atoms with Crippen LogP contribution in [-0.4, -0.2) is 16.5 Å². The lowest BCUT2D eigenvalue weighted by atomic mass is 9.97. The standard InChI is InChI=1S/C19H21N3O/c1-13-21-17-15-9-5-6-10-16(15)23-18(17)19(22-13)20-12-11-14-7-3-2-4-8-14/h5-7,9-10H,2-4,8,11-12H2,1H3,(H,20,21,22)/p+1. The predicted molar refractivity (Wildman–Crippen MR) is 91.7 cm³/mol. The largest absolute Gasteiger partial charge is 0.446 e. The van der Waals surface area contributed by atoms with E-state index in [9.17, 15) is 0 Å². The number of fused-ring (bicyclic) bond motifs is 3. The van der Waals surface area contributed by atoms with E-state index in [4.69, 9.17) is 4.42 Å². The van der Waals surface area contributed by atoms with E-state index in [1.54, 1.807) is 5.57 Å². The van der Waals surface area contributed by atoms with Gasteiger partial charge in [-0.1, -0.05) is 23.8 Å². The Labute approximate surface area is 135 Å². The van der Waals surface area contributed by atoms with E-state index in [1.165, 1.54) is 25.7 Å². The molecule has 0 radical (unpaired) electrons. The highest BCUT2D eigenvalue weighted by Crippen LogP contribution is 2.29. The third-order valence-electron chi connectivity index (χ3n) is 4.55. The predicted octanol–water partition coefficient (Wildman–Crippen LogP) is 3.77. The van der Waals surface area contributed by atoms with Crippen LogP contribution >= 0.6 is 0 Å². The van der Waals surface area contributed by atoms with Crippen molar-refractivity contribution in [2.45, 2.75) is 39.0 Å². The van der Waals surface area contributed by atoms with Crippen molar-refractivity contribution in [1.29, 1.82) is 0 Å². The first-order valence-electron chi connectivity index (χ1n) is 8.48. The van der Waals surface area contributed by atoms with Gasteiger partial charge in [-0.25, -0.2) is 4.98 Å². The fourth-order valence-electron chi connectivity index (χ4n) is 3.39. The Hall–Kier alpha value is -2.20. The molecule has 1 aliphatic carbocycles. The van der Waals surface area contributed by atoms with Gasteiger partial charge in [-0.05, 0) is 44.7 Å². The van der Waals surface area contributed by atoms with Crippen molar-refractivity contribution in [2.24, 2.45) is 0 Å². The van der Waals surface area contributed by atoms with E-state index >= 15 is 0 Å². The molecule has 0 amide bonds. The molecule has 1 aromatic carbocycles. The molecule has 4 rings (SSSR count). The molecule has 0 atom stereocenters. The lowest BCUT2D eigenvalue weighted by Crippen LogP contribution is -2.78. The van der Waals surface area contributed by atoms with Crippen LogP contribution in [0.4, 0.5) is 5.82 Å². The SMILES string of the molecule is Cc1nc([NH2+]CCC2=CCCCC2)c2oc3ccccc3c2n1. The quantitative estimate of drug-likeness (QED) is 0.746. The number of quaternary nitrogens is 1. The Bertz CT molecular complexity index is 879. The molecule has 4 heteroatoms. The van der Waals surface area contributed by atoms with Gasteiger partial charge < -0.3 is 4.42 Å². The summed E-state index contributed by atoms with van der Waals surface area (Å²) in [7, 11) is 0. The highest BCUT2D eigenvalue weighted by molar-refractivity contribution is 6.04. The van der Waals surface area contributed by atoms with Crippen molar-refractivity contribution in [3.8, 4) is 0 Å². The lowest BCUT2D eigenvalue weighted by Gasteiger charge is -2.11. The maximum Gasteiger partial charge on any atom is 0.272 e. The summed E-state index contributed by atoms with van der Waals surface area (Å²) in [5.74, 6) is 1.73. The van der Waals surface area contributed by atoms with E-state index in [0.29, 0.717) is 0 Å². The minimum Gasteiger partial charge on any atom is -0.446 e. The summed E-state index contributed by atoms with van der Waals surface area (Å²) in [6.07, 6.45) is 8.74. The number of furan rings is 1. The molecule has 0 spiro atoms. The molecule has 23 heavy (non-hydrogen) atoms. The highest BCUT2D eigenvalue weighted by atomic mass is 16.3. The third-order valence-corrected chi connectivity index (χ3v) is 4.55. The number of allylic oxidation sites excluding steroid dienone is 1. The number of hydrogen-bond donors (Lipinski definition) is 1. The van der Waals surface area contributed by atoms with E-state index in [2.05, 4.69) is 27.4 Å². The van der Waals surface area contributed by atoms with Gasteiger partial charge in [-0.2, -0.15) is 4.98 Å². The Balaban J connectivity index is 1.62. The van der Waals surface area contributed by atoms with Gasteiger partial charge in [0, 0.05) is 11.8 Å². The number of nitrogens with two attached hydrogens (primary N) is 1. The van der Waals surface area contributed by atoms with Crippen LogP contribution in [0.25, 0.3) is 22.1 Å². The fourth-order valence-corrected chi connectivity index (χ4v) is 3.39. The van der Waals surface area contributed by atoms with Crippen LogP contribution in [0.2, 0.25) is 0 Å². The zero-order valence-electron chi connectivity index (χ0n) is 13.5. The van der Waals surface area contributed by atoms with E-state index in [-0.39, 0.29) is 0 Å². The van der Waals surface area contributed by atoms with Crippen molar-refractivity contribution in [2.75, 3.05) is 6.54 Å². The maximum absolute atomic E-state index is 6.01. The molecule has 0 saturated heterocycles. The first-order valence-corrected chi connectivity index (χ1v) is 8.48. The van der Waals surface area contributed by atoms with Crippen LogP contribution in [0.15, 0.2) is 40.3 Å². The molecule has 0 fully saturated rings. The van der Waals surface area contributed by atoms with Gasteiger partial charge >= 0.3 is 0 Å². The monoisotopic (exact) mass is 308 g/mol. The molecule has 4 nitrogen and oxygen atoms in total. The minimum absolute atomic E-state index is 0.798. The van der Waals surface area contributed by atoms with Gasteiger partial charge in [0.1, 0.15) is 16.9 Å². The second-order valence-corrected chi connectivity index (χ2v) is 6.28. The zero-order chi connectivity index (χ0) is 15.6. The summed E-state index contributed by atoms with van der Waals surface area (Å²) in [6.45, 7) is 2.96. The summed E-state index contributed by atoms with van der Waals surface area (Å²) in [5, 5.41) is 3.27. The summed E-state index contributed by atoms with van der Waals surface area (Å²) in [5.41, 5.74) is 4.22. The second kappa shape index (κ2) is 6.13. The lowest BCUT2D eigenvalue weighted by molar-refractivity contribution is -0.573. The van der Waals surface area contributed by atoms with E-state index in [0.717, 1.165) is 46.7 Å². The normalized spacial score (nSPS) is 15.3. The molecule has 3 aromatic rings. The number of benzene rings is 1. The van der Waals surface area contributed by atoms with Crippen LogP contribution < -0.4 is 5.32 Å². The van der Waals surface area contributed by atoms with Crippen LogP contribution in [0.3, 0.4) is 0 Å². The number of aromatic nitrogens is 2. The van der Waals surface area contributed by atoms with Gasteiger partial charge in [-0.15, -0.1) is 0 Å². The maximum atomic E-state index is 6.01. The molecule has 1 aliphatic rings. The van der Waals surface area contributed by atoms with Gasteiger partial charge in [-0.3, -0.25) is 5.32 Å². The van der Waals surface area contributed by atoms with Crippen molar-refractivity contribution in [3.63, 3.8) is 0 Å². The molecule has 0 saturated carbocycles. The Morgan fingerprint density at radius 2 is 2.09 bits per heavy atom. The molecule has 2 N–H and O–H groups in total. The Morgan fingerprint density at radius 3 is 2.96 bits per heavy atom. The molecule has 118 valence electrons. The van der Waals surface area contributed by atoms with Gasteiger partial charge in [0.05, 0.1) is 6.54 Å². The summed E-state index contributed by atoms with van der Waals surface area (Å²) >= 11 is 0. The first kappa shape index (κ1) is 14.4. The van der Waals surface area contributed by atoms with Crippen LogP contribution in [0.1, 0.15) is 37.9 Å². The van der Waals surface area contributed by atoms with Gasteiger partial charge in [0.2, 0.25) is 5.58 Å². The summed E-state index contributed by atoms with van der Waals surface area (Å²) < 4.78 is 6.01. The van der Waals surface area contributed by atoms with Crippen molar-refractivity contribution >= 4 is 27.9 Å². The average molecular weight is 308 g/mol. The number of nitrogens with zero attached hydrogens (tertiary/aromatic N) is 2. The number of para-hydroxylation sites is 1. The van der Waals surface area contributed by atoms with E-state index < -0.39 is 0 Å². The fraction of sp³-hybridized carbons (Fsp3) is 0.368. The molecule has 2 aromatic heterocycles. The molecular formula is C19H22N3O+. The molecule has 0 unspecified atom stereocenters. The summed E-state index contributed by atoms with van der Waals surface area (Å²) in [6, 6.07) is 8.06. The minimum atomic E-state index is 0.798. The average Bonchev–Trinajstić information content (AvgIpc) is 2.95. The highest BCUT2D eigenvalue weighted by Gasteiger charge is 2.17.